The molecule has 0 N–H and O–H groups in total. The highest BCUT2D eigenvalue weighted by Crippen LogP contribution is 2.31. The van der Waals surface area contributed by atoms with Crippen molar-refractivity contribution in [2.45, 2.75) is 72.3 Å². The van der Waals surface area contributed by atoms with Crippen LogP contribution in [0.2, 0.25) is 0 Å². The average molecular weight is 466 g/mol. The second kappa shape index (κ2) is 11.9. The average Bonchev–Trinajstić information content (AvgIpc) is 3.51. The van der Waals surface area contributed by atoms with Gasteiger partial charge in [0, 0.05) is 44.7 Å². The number of aromatic nitrogens is 2. The van der Waals surface area contributed by atoms with Crippen LogP contribution in [0.4, 0.5) is 5.82 Å². The Labute approximate surface area is 205 Å². The Morgan fingerprint density at radius 3 is 2.41 bits per heavy atom. The van der Waals surface area contributed by atoms with E-state index in [9.17, 15) is 4.79 Å². The number of carbonyl (C=O) groups excluding carboxylic acids is 1. The zero-order valence-corrected chi connectivity index (χ0v) is 21.5. The van der Waals surface area contributed by atoms with Crippen LogP contribution >= 0.6 is 0 Å². The summed E-state index contributed by atoms with van der Waals surface area (Å²) >= 11 is 0. The number of piperazine rings is 1. The summed E-state index contributed by atoms with van der Waals surface area (Å²) < 4.78 is 2.11. The second-order valence-corrected chi connectivity index (χ2v) is 10.1. The lowest BCUT2D eigenvalue weighted by Gasteiger charge is -2.36. The van der Waals surface area contributed by atoms with Gasteiger partial charge in [-0.05, 0) is 44.4 Å². The maximum atomic E-state index is 13.3. The van der Waals surface area contributed by atoms with Crippen molar-refractivity contribution in [1.29, 1.82) is 0 Å². The van der Waals surface area contributed by atoms with Crippen LogP contribution in [0, 0.1) is 12.8 Å². The van der Waals surface area contributed by atoms with Crippen LogP contribution in [0.25, 0.3) is 5.69 Å². The van der Waals surface area contributed by atoms with Gasteiger partial charge in [-0.1, -0.05) is 57.7 Å². The van der Waals surface area contributed by atoms with E-state index in [-0.39, 0.29) is 0 Å². The van der Waals surface area contributed by atoms with E-state index in [0.717, 1.165) is 69.4 Å². The van der Waals surface area contributed by atoms with Gasteiger partial charge >= 0.3 is 0 Å². The summed E-state index contributed by atoms with van der Waals surface area (Å²) in [7, 11) is 0. The number of likely N-dealkylation sites (N-methyl/N-ethyl adjacent to an activating group) is 1. The lowest BCUT2D eigenvalue weighted by molar-refractivity contribution is -0.132. The summed E-state index contributed by atoms with van der Waals surface area (Å²) in [5, 5.41) is 5.00. The summed E-state index contributed by atoms with van der Waals surface area (Å²) in [4.78, 5) is 20.4. The third-order valence-corrected chi connectivity index (χ3v) is 7.71. The molecule has 0 bridgehead atoms. The van der Waals surface area contributed by atoms with Crippen LogP contribution in [-0.2, 0) is 11.3 Å². The summed E-state index contributed by atoms with van der Waals surface area (Å²) in [5.41, 5.74) is 3.32. The van der Waals surface area contributed by atoms with E-state index < -0.39 is 0 Å². The molecule has 2 fully saturated rings. The number of nitrogens with zero attached hydrogens (tertiary/aromatic N) is 5. The van der Waals surface area contributed by atoms with Crippen LogP contribution in [-0.4, -0.2) is 64.8 Å². The lowest BCUT2D eigenvalue weighted by Crippen LogP contribution is -2.47. The zero-order valence-electron chi connectivity index (χ0n) is 21.5. The van der Waals surface area contributed by atoms with Gasteiger partial charge < -0.3 is 14.7 Å². The minimum atomic E-state index is 0.308. The van der Waals surface area contributed by atoms with Crippen molar-refractivity contribution in [3.8, 4) is 5.69 Å². The van der Waals surface area contributed by atoms with Crippen molar-refractivity contribution in [1.82, 2.24) is 19.6 Å². The number of carbonyl (C=O) groups is 1. The standard InChI is InChI=1S/C28H43N5O/c1-4-17-32(27(34)16-15-24-11-9-10-12-24)22-26-23(3)29-33(25-13-7-6-8-14-25)28(26)31-20-18-30(5-2)19-21-31/h6-8,13-14,24H,4-5,9-12,15-22H2,1-3H3. The molecule has 0 spiro atoms. The predicted molar refractivity (Wildman–Crippen MR) is 140 cm³/mol. The molecule has 2 aliphatic rings. The van der Waals surface area contributed by atoms with Crippen molar-refractivity contribution in [2.75, 3.05) is 44.2 Å². The summed E-state index contributed by atoms with van der Waals surface area (Å²) in [5.74, 6) is 2.23. The molecule has 0 atom stereocenters. The van der Waals surface area contributed by atoms with Crippen LogP contribution < -0.4 is 4.90 Å². The van der Waals surface area contributed by atoms with E-state index in [1.807, 2.05) is 6.07 Å². The van der Waals surface area contributed by atoms with Gasteiger partial charge in [0.15, 0.2) is 0 Å². The first kappa shape index (κ1) is 24.8. The molecule has 186 valence electrons. The fourth-order valence-electron chi connectivity index (χ4n) is 5.62. The van der Waals surface area contributed by atoms with Gasteiger partial charge in [-0.25, -0.2) is 4.68 Å². The Hall–Kier alpha value is -2.34. The Balaban J connectivity index is 1.59. The molecule has 1 aromatic carbocycles. The first-order chi connectivity index (χ1) is 16.6. The maximum Gasteiger partial charge on any atom is 0.222 e. The molecule has 1 amide bonds. The van der Waals surface area contributed by atoms with Crippen LogP contribution in [0.15, 0.2) is 30.3 Å². The Morgan fingerprint density at radius 1 is 1.06 bits per heavy atom. The normalized spacial score (nSPS) is 17.4. The van der Waals surface area contributed by atoms with E-state index in [2.05, 4.69) is 64.4 Å². The Morgan fingerprint density at radius 2 is 1.76 bits per heavy atom. The highest BCUT2D eigenvalue weighted by atomic mass is 16.2. The van der Waals surface area contributed by atoms with Crippen LogP contribution in [0.5, 0.6) is 0 Å². The third-order valence-electron chi connectivity index (χ3n) is 7.71. The van der Waals surface area contributed by atoms with Gasteiger partial charge in [0.2, 0.25) is 5.91 Å². The quantitative estimate of drug-likeness (QED) is 0.494. The Bertz CT molecular complexity index is 910. The molecule has 0 unspecified atom stereocenters. The number of amides is 1. The maximum absolute atomic E-state index is 13.3. The van der Waals surface area contributed by atoms with Crippen molar-refractivity contribution < 1.29 is 4.79 Å². The van der Waals surface area contributed by atoms with E-state index >= 15 is 0 Å². The van der Waals surface area contributed by atoms with E-state index in [0.29, 0.717) is 18.9 Å². The molecule has 4 rings (SSSR count). The highest BCUT2D eigenvalue weighted by Gasteiger charge is 2.27. The number of hydrogen-bond donors (Lipinski definition) is 0. The summed E-state index contributed by atoms with van der Waals surface area (Å²) in [6.45, 7) is 13.2. The van der Waals surface area contributed by atoms with Gasteiger partial charge in [-0.2, -0.15) is 5.10 Å². The number of aryl methyl sites for hydroxylation is 1. The van der Waals surface area contributed by atoms with E-state index in [1.165, 1.54) is 37.1 Å². The number of anilines is 1. The Kier molecular flexibility index (Phi) is 8.65. The molecule has 34 heavy (non-hydrogen) atoms. The monoisotopic (exact) mass is 465 g/mol. The van der Waals surface area contributed by atoms with Gasteiger partial charge in [0.05, 0.1) is 17.9 Å². The third kappa shape index (κ3) is 5.83. The number of para-hydroxylation sites is 1. The SMILES string of the molecule is CCCN(Cc1c(C)nn(-c2ccccc2)c1N1CCN(CC)CC1)C(=O)CCC1CCCC1. The molecule has 0 radical (unpaired) electrons. The van der Waals surface area contributed by atoms with Gasteiger partial charge in [0.1, 0.15) is 5.82 Å². The van der Waals surface area contributed by atoms with Crippen molar-refractivity contribution in [2.24, 2.45) is 5.92 Å². The fourth-order valence-corrected chi connectivity index (χ4v) is 5.62. The van der Waals surface area contributed by atoms with Gasteiger partial charge in [-0.3, -0.25) is 4.79 Å². The molecular weight excluding hydrogens is 422 g/mol. The minimum absolute atomic E-state index is 0.308. The predicted octanol–water partition coefficient (Wildman–Crippen LogP) is 5.03. The molecule has 1 aromatic heterocycles. The fraction of sp³-hybridized carbons (Fsp3) is 0.643. The molecule has 1 aliphatic carbocycles. The van der Waals surface area contributed by atoms with Crippen LogP contribution in [0.1, 0.15) is 70.1 Å². The molecule has 1 saturated heterocycles. The van der Waals surface area contributed by atoms with Crippen molar-refractivity contribution in [3.63, 3.8) is 0 Å². The smallest absolute Gasteiger partial charge is 0.222 e. The molecular formula is C28H43N5O. The topological polar surface area (TPSA) is 44.6 Å². The zero-order chi connectivity index (χ0) is 23.9. The van der Waals surface area contributed by atoms with Crippen molar-refractivity contribution in [3.05, 3.63) is 41.6 Å². The number of hydrogen-bond acceptors (Lipinski definition) is 4. The molecule has 1 aliphatic heterocycles. The minimum Gasteiger partial charge on any atom is -0.354 e. The molecule has 2 aromatic rings. The molecule has 6 heteroatoms. The number of benzene rings is 1. The molecule has 1 saturated carbocycles. The molecule has 2 heterocycles. The van der Waals surface area contributed by atoms with Crippen LogP contribution in [0.3, 0.4) is 0 Å². The van der Waals surface area contributed by atoms with Crippen molar-refractivity contribution >= 4 is 11.7 Å². The lowest BCUT2D eigenvalue weighted by atomic mass is 10.0. The van der Waals surface area contributed by atoms with E-state index in [1.54, 1.807) is 0 Å². The second-order valence-electron chi connectivity index (χ2n) is 10.1. The van der Waals surface area contributed by atoms with Gasteiger partial charge in [-0.15, -0.1) is 0 Å². The molecule has 6 nitrogen and oxygen atoms in total. The largest absolute Gasteiger partial charge is 0.354 e. The van der Waals surface area contributed by atoms with Gasteiger partial charge in [0.25, 0.3) is 0 Å². The number of rotatable bonds is 10. The summed E-state index contributed by atoms with van der Waals surface area (Å²) in [6, 6.07) is 10.4. The highest BCUT2D eigenvalue weighted by molar-refractivity contribution is 5.76. The first-order valence-electron chi connectivity index (χ1n) is 13.5. The first-order valence-corrected chi connectivity index (χ1v) is 13.5. The van der Waals surface area contributed by atoms with E-state index in [4.69, 9.17) is 5.10 Å². The summed E-state index contributed by atoms with van der Waals surface area (Å²) in [6.07, 6.45) is 7.99.